The van der Waals surface area contributed by atoms with E-state index >= 15 is 0 Å². The number of aryl methyl sites for hydroxylation is 1. The number of aliphatic carboxylic acids is 1. The average Bonchev–Trinajstić information content (AvgIpc) is 3.02. The molecule has 1 aliphatic heterocycles. The van der Waals surface area contributed by atoms with Crippen LogP contribution in [0, 0.1) is 0 Å². The van der Waals surface area contributed by atoms with Gasteiger partial charge in [0.15, 0.2) is 0 Å². The van der Waals surface area contributed by atoms with Crippen LogP contribution < -0.4 is 15.2 Å². The number of carbonyl (C=O) groups excluding carboxylic acids is 1. The summed E-state index contributed by atoms with van der Waals surface area (Å²) in [6, 6.07) is 23.1. The molecule has 1 fully saturated rings. The molecule has 0 radical (unpaired) electrons. The smallest absolute Gasteiger partial charge is 0.472 e. The van der Waals surface area contributed by atoms with Crippen molar-refractivity contribution in [1.82, 2.24) is 0 Å². The van der Waals surface area contributed by atoms with E-state index < -0.39 is 51.2 Å². The van der Waals surface area contributed by atoms with Crippen LogP contribution in [0.4, 0.5) is 0 Å². The van der Waals surface area contributed by atoms with E-state index in [1.165, 1.54) is 0 Å². The SMILES string of the molecule is N[C@@H](COP(=O)(O)OCC1OCCC[C@@H]1OC(=O)CCc1ccccc1OCc1cccc(Oc2ccccc2)c1)C(=O)O. The normalized spacial score (nSPS) is 18.5. The molecule has 4 atom stereocenters. The number of ether oxygens (including phenoxy) is 4. The number of rotatable bonds is 16. The molecule has 0 aromatic heterocycles. The van der Waals surface area contributed by atoms with Gasteiger partial charge in [-0.05, 0) is 60.7 Å². The number of para-hydroxylation sites is 2. The third kappa shape index (κ3) is 10.7. The minimum Gasteiger partial charge on any atom is -0.489 e. The fourth-order valence-corrected chi connectivity index (χ4v) is 5.11. The number of nitrogens with two attached hydrogens (primary N) is 1. The number of phosphoric ester groups is 1. The quantitative estimate of drug-likeness (QED) is 0.148. The number of carboxylic acid groups (broad SMARTS) is 1. The van der Waals surface area contributed by atoms with E-state index in [1.807, 2.05) is 78.9 Å². The van der Waals surface area contributed by atoms with Gasteiger partial charge in [-0.2, -0.15) is 0 Å². The first-order valence-corrected chi connectivity index (χ1v) is 15.6. The Morgan fingerprint density at radius 3 is 2.55 bits per heavy atom. The van der Waals surface area contributed by atoms with Gasteiger partial charge in [0.05, 0.1) is 13.2 Å². The summed E-state index contributed by atoms with van der Waals surface area (Å²) in [5.41, 5.74) is 7.03. The second-order valence-corrected chi connectivity index (χ2v) is 11.5. The average molecular weight is 630 g/mol. The maximum atomic E-state index is 12.8. The fourth-order valence-electron chi connectivity index (χ4n) is 4.35. The van der Waals surface area contributed by atoms with Crippen LogP contribution in [0.5, 0.6) is 17.2 Å². The van der Waals surface area contributed by atoms with Crippen molar-refractivity contribution in [1.29, 1.82) is 0 Å². The van der Waals surface area contributed by atoms with Gasteiger partial charge >= 0.3 is 19.8 Å². The predicted molar refractivity (Wildman–Crippen MR) is 158 cm³/mol. The lowest BCUT2D eigenvalue weighted by Gasteiger charge is -2.31. The van der Waals surface area contributed by atoms with E-state index in [2.05, 4.69) is 4.52 Å². The van der Waals surface area contributed by atoms with E-state index in [4.69, 9.17) is 34.3 Å². The Labute approximate surface area is 255 Å². The maximum absolute atomic E-state index is 12.8. The molecule has 0 saturated carbocycles. The largest absolute Gasteiger partial charge is 0.489 e. The second kappa shape index (κ2) is 16.3. The molecule has 236 valence electrons. The monoisotopic (exact) mass is 629 g/mol. The van der Waals surface area contributed by atoms with E-state index in [0.717, 1.165) is 16.9 Å². The molecule has 3 aromatic carbocycles. The van der Waals surface area contributed by atoms with E-state index in [9.17, 15) is 19.0 Å². The molecule has 44 heavy (non-hydrogen) atoms. The highest BCUT2D eigenvalue weighted by molar-refractivity contribution is 7.47. The molecule has 0 amide bonds. The van der Waals surface area contributed by atoms with Gasteiger partial charge in [-0.15, -0.1) is 0 Å². The lowest BCUT2D eigenvalue weighted by molar-refractivity contribution is -0.166. The van der Waals surface area contributed by atoms with Crippen molar-refractivity contribution in [2.24, 2.45) is 5.73 Å². The Hall–Kier alpha value is -3.77. The van der Waals surface area contributed by atoms with Gasteiger partial charge in [0.1, 0.15) is 42.1 Å². The molecule has 0 bridgehead atoms. The summed E-state index contributed by atoms with van der Waals surface area (Å²) in [5, 5.41) is 8.79. The number of phosphoric acid groups is 1. The summed E-state index contributed by atoms with van der Waals surface area (Å²) in [6.07, 6.45) is 0.0389. The zero-order valence-electron chi connectivity index (χ0n) is 24.0. The van der Waals surface area contributed by atoms with Gasteiger partial charge in [-0.25, -0.2) is 4.57 Å². The Balaban J connectivity index is 1.26. The van der Waals surface area contributed by atoms with Crippen molar-refractivity contribution in [2.45, 2.75) is 50.5 Å². The first kappa shape index (κ1) is 33.1. The van der Waals surface area contributed by atoms with Crippen molar-refractivity contribution in [3.8, 4) is 17.2 Å². The van der Waals surface area contributed by atoms with Crippen LogP contribution in [0.2, 0.25) is 0 Å². The molecule has 4 N–H and O–H groups in total. The van der Waals surface area contributed by atoms with Crippen LogP contribution in [0.1, 0.15) is 30.4 Å². The molecule has 13 heteroatoms. The lowest BCUT2D eigenvalue weighted by Crippen LogP contribution is -2.40. The van der Waals surface area contributed by atoms with E-state index in [0.29, 0.717) is 44.0 Å². The van der Waals surface area contributed by atoms with Crippen LogP contribution in [0.15, 0.2) is 78.9 Å². The van der Waals surface area contributed by atoms with Gasteiger partial charge < -0.3 is 34.7 Å². The number of carboxylic acids is 1. The molecule has 1 saturated heterocycles. The standard InChI is InChI=1S/C31H36NO11P/c32-26(31(34)35)20-40-44(36,37)41-21-29-28(14-7-17-38-29)43-30(33)16-15-23-9-4-5-13-27(23)39-19-22-8-6-12-25(18-22)42-24-10-2-1-3-11-24/h1-6,8-13,18,26,28-29H,7,14-17,19-21,32H2,(H,34,35)(H,36,37)/t26-,28-,29?/m0/s1. The van der Waals surface area contributed by atoms with Crippen LogP contribution >= 0.6 is 7.82 Å². The summed E-state index contributed by atoms with van der Waals surface area (Å²) >= 11 is 0. The first-order chi connectivity index (χ1) is 21.2. The summed E-state index contributed by atoms with van der Waals surface area (Å²) in [4.78, 5) is 33.4. The van der Waals surface area contributed by atoms with Crippen molar-refractivity contribution >= 4 is 19.8 Å². The minimum absolute atomic E-state index is 0.0690. The van der Waals surface area contributed by atoms with E-state index in [1.54, 1.807) is 0 Å². The van der Waals surface area contributed by atoms with Crippen molar-refractivity contribution in [3.63, 3.8) is 0 Å². The predicted octanol–water partition coefficient (Wildman–Crippen LogP) is 4.63. The highest BCUT2D eigenvalue weighted by atomic mass is 31.2. The Bertz CT molecular complexity index is 1420. The highest BCUT2D eigenvalue weighted by Crippen LogP contribution is 2.43. The van der Waals surface area contributed by atoms with E-state index in [-0.39, 0.29) is 6.42 Å². The van der Waals surface area contributed by atoms with Crippen LogP contribution in [-0.2, 0) is 45.7 Å². The maximum Gasteiger partial charge on any atom is 0.472 e. The molecule has 0 aliphatic carbocycles. The molecule has 4 rings (SSSR count). The summed E-state index contributed by atoms with van der Waals surface area (Å²) in [7, 11) is -4.60. The zero-order chi connectivity index (χ0) is 31.4. The number of carbonyl (C=O) groups is 2. The molecular formula is C31H36NO11P. The topological polar surface area (TPSA) is 173 Å². The number of hydrogen-bond donors (Lipinski definition) is 3. The van der Waals surface area contributed by atoms with Crippen LogP contribution in [0.3, 0.4) is 0 Å². The third-order valence-electron chi connectivity index (χ3n) is 6.64. The molecule has 12 nitrogen and oxygen atoms in total. The number of benzene rings is 3. The molecule has 3 aromatic rings. The molecule has 0 spiro atoms. The fraction of sp³-hybridized carbons (Fsp3) is 0.355. The summed E-state index contributed by atoms with van der Waals surface area (Å²) < 4.78 is 45.0. The molecular weight excluding hydrogens is 593 g/mol. The van der Waals surface area contributed by atoms with Gasteiger partial charge in [0, 0.05) is 13.0 Å². The third-order valence-corrected chi connectivity index (χ3v) is 7.59. The molecule has 2 unspecified atom stereocenters. The first-order valence-electron chi connectivity index (χ1n) is 14.1. The Kier molecular flexibility index (Phi) is 12.3. The van der Waals surface area contributed by atoms with Crippen molar-refractivity contribution in [2.75, 3.05) is 19.8 Å². The van der Waals surface area contributed by atoms with Gasteiger partial charge in [-0.3, -0.25) is 18.6 Å². The zero-order valence-corrected chi connectivity index (χ0v) is 24.9. The minimum atomic E-state index is -4.60. The summed E-state index contributed by atoms with van der Waals surface area (Å²) in [5.74, 6) is 0.217. The van der Waals surface area contributed by atoms with Gasteiger partial charge in [0.2, 0.25) is 0 Å². The highest BCUT2D eigenvalue weighted by Gasteiger charge is 2.33. The number of esters is 1. The Morgan fingerprint density at radius 1 is 1.00 bits per heavy atom. The van der Waals surface area contributed by atoms with Crippen LogP contribution in [0.25, 0.3) is 0 Å². The van der Waals surface area contributed by atoms with Crippen molar-refractivity contribution < 1.29 is 52.1 Å². The van der Waals surface area contributed by atoms with Gasteiger partial charge in [0.25, 0.3) is 0 Å². The Morgan fingerprint density at radius 2 is 1.75 bits per heavy atom. The molecule has 1 aliphatic rings. The molecule has 1 heterocycles. The second-order valence-electron chi connectivity index (χ2n) is 10.0. The lowest BCUT2D eigenvalue weighted by atomic mass is 10.1. The summed E-state index contributed by atoms with van der Waals surface area (Å²) in [6.45, 7) is -0.459. The number of hydrogen-bond acceptors (Lipinski definition) is 10. The van der Waals surface area contributed by atoms with Gasteiger partial charge in [-0.1, -0.05) is 48.5 Å². The van der Waals surface area contributed by atoms with Crippen LogP contribution in [-0.4, -0.2) is 60.0 Å². The van der Waals surface area contributed by atoms with Crippen molar-refractivity contribution in [3.05, 3.63) is 90.0 Å².